The van der Waals surface area contributed by atoms with Crippen molar-refractivity contribution in [1.82, 2.24) is 4.90 Å². The third-order valence-corrected chi connectivity index (χ3v) is 5.99. The zero-order chi connectivity index (χ0) is 20.0. The van der Waals surface area contributed by atoms with Crippen LogP contribution in [0.2, 0.25) is 5.02 Å². The largest absolute Gasteiger partial charge is 0.493 e. The van der Waals surface area contributed by atoms with Crippen LogP contribution in [0.1, 0.15) is 45.1 Å². The molecule has 0 saturated carbocycles. The van der Waals surface area contributed by atoms with Gasteiger partial charge in [0.15, 0.2) is 0 Å². The lowest BCUT2D eigenvalue weighted by atomic mass is 9.88. The SMILES string of the molecule is CC(C)(O)CC1C=CC(OCCN2CCC(Cc3ccc(Cl)cc3)CC2)=CC1. The maximum absolute atomic E-state index is 9.94. The lowest BCUT2D eigenvalue weighted by Crippen LogP contribution is -2.36. The van der Waals surface area contributed by atoms with Crippen LogP contribution in [0.25, 0.3) is 0 Å². The number of rotatable bonds is 8. The predicted molar refractivity (Wildman–Crippen MR) is 117 cm³/mol. The van der Waals surface area contributed by atoms with Gasteiger partial charge in [0.2, 0.25) is 0 Å². The van der Waals surface area contributed by atoms with Crippen molar-refractivity contribution >= 4 is 11.6 Å². The summed E-state index contributed by atoms with van der Waals surface area (Å²) in [5, 5.41) is 10.8. The summed E-state index contributed by atoms with van der Waals surface area (Å²) in [6.07, 6.45) is 11.8. The minimum absolute atomic E-state index is 0.409. The summed E-state index contributed by atoms with van der Waals surface area (Å²) < 4.78 is 5.96. The van der Waals surface area contributed by atoms with E-state index in [1.165, 1.54) is 18.4 Å². The highest BCUT2D eigenvalue weighted by Crippen LogP contribution is 2.26. The number of piperidine rings is 1. The van der Waals surface area contributed by atoms with Gasteiger partial charge in [-0.3, -0.25) is 4.90 Å². The van der Waals surface area contributed by atoms with Crippen molar-refractivity contribution in [2.45, 2.75) is 51.6 Å². The van der Waals surface area contributed by atoms with Gasteiger partial charge in [-0.05, 0) is 101 Å². The van der Waals surface area contributed by atoms with E-state index in [9.17, 15) is 5.11 Å². The molecule has 0 aromatic heterocycles. The Morgan fingerprint density at radius 2 is 1.89 bits per heavy atom. The highest BCUT2D eigenvalue weighted by atomic mass is 35.5. The van der Waals surface area contributed by atoms with Crippen LogP contribution in [-0.2, 0) is 11.2 Å². The Morgan fingerprint density at radius 1 is 1.18 bits per heavy atom. The van der Waals surface area contributed by atoms with Crippen molar-refractivity contribution < 1.29 is 9.84 Å². The van der Waals surface area contributed by atoms with Crippen molar-refractivity contribution in [1.29, 1.82) is 0 Å². The van der Waals surface area contributed by atoms with Crippen LogP contribution in [-0.4, -0.2) is 41.8 Å². The highest BCUT2D eigenvalue weighted by Gasteiger charge is 2.21. The minimum Gasteiger partial charge on any atom is -0.493 e. The Hall–Kier alpha value is -1.29. The van der Waals surface area contributed by atoms with E-state index in [1.54, 1.807) is 0 Å². The third-order valence-electron chi connectivity index (χ3n) is 5.74. The Balaban J connectivity index is 1.31. The Bertz CT molecular complexity index is 667. The Morgan fingerprint density at radius 3 is 2.50 bits per heavy atom. The monoisotopic (exact) mass is 403 g/mol. The zero-order valence-electron chi connectivity index (χ0n) is 17.2. The van der Waals surface area contributed by atoms with Gasteiger partial charge in [0.05, 0.1) is 5.60 Å². The fourth-order valence-electron chi connectivity index (χ4n) is 4.21. The number of hydrogen-bond donors (Lipinski definition) is 1. The highest BCUT2D eigenvalue weighted by molar-refractivity contribution is 6.30. The third kappa shape index (κ3) is 7.27. The van der Waals surface area contributed by atoms with E-state index in [4.69, 9.17) is 16.3 Å². The molecule has 1 aliphatic carbocycles. The van der Waals surface area contributed by atoms with Gasteiger partial charge in [0.25, 0.3) is 0 Å². The summed E-state index contributed by atoms with van der Waals surface area (Å²) in [6.45, 7) is 7.79. The summed E-state index contributed by atoms with van der Waals surface area (Å²) in [5.41, 5.74) is 0.783. The van der Waals surface area contributed by atoms with E-state index in [0.717, 1.165) is 62.2 Å². The van der Waals surface area contributed by atoms with Gasteiger partial charge in [-0.15, -0.1) is 0 Å². The molecule has 3 rings (SSSR count). The molecule has 0 amide bonds. The summed E-state index contributed by atoms with van der Waals surface area (Å²) in [5.74, 6) is 2.16. The molecule has 1 aromatic carbocycles. The summed E-state index contributed by atoms with van der Waals surface area (Å²) in [4.78, 5) is 2.52. The van der Waals surface area contributed by atoms with Crippen molar-refractivity contribution in [3.63, 3.8) is 0 Å². The summed E-state index contributed by atoms with van der Waals surface area (Å²) >= 11 is 5.97. The fraction of sp³-hybridized carbons (Fsp3) is 0.583. The number of halogens is 1. The van der Waals surface area contributed by atoms with Crippen LogP contribution in [0.4, 0.5) is 0 Å². The first-order valence-electron chi connectivity index (χ1n) is 10.6. The number of nitrogens with zero attached hydrogens (tertiary/aromatic N) is 1. The Labute approximate surface area is 175 Å². The van der Waals surface area contributed by atoms with Gasteiger partial charge < -0.3 is 9.84 Å². The van der Waals surface area contributed by atoms with Crippen molar-refractivity contribution in [3.8, 4) is 0 Å². The molecule has 1 aliphatic heterocycles. The standard InChI is InChI=1S/C24H34ClNO2/c1-24(2,27)18-21-5-9-23(10-6-21)28-16-15-26-13-11-20(12-14-26)17-19-3-7-22(25)8-4-19/h3-5,7-10,20-21,27H,6,11-18H2,1-2H3. The lowest BCUT2D eigenvalue weighted by Gasteiger charge is -2.32. The maximum atomic E-state index is 9.94. The number of ether oxygens (including phenoxy) is 1. The molecular formula is C24H34ClNO2. The maximum Gasteiger partial charge on any atom is 0.115 e. The molecule has 3 nitrogen and oxygen atoms in total. The molecule has 1 unspecified atom stereocenters. The van der Waals surface area contributed by atoms with Gasteiger partial charge in [-0.25, -0.2) is 0 Å². The van der Waals surface area contributed by atoms with Gasteiger partial charge in [-0.1, -0.05) is 29.8 Å². The predicted octanol–water partition coefficient (Wildman–Crippen LogP) is 5.23. The molecule has 4 heteroatoms. The molecule has 0 bridgehead atoms. The number of likely N-dealkylation sites (tertiary alicyclic amines) is 1. The number of allylic oxidation sites excluding steroid dienone is 3. The van der Waals surface area contributed by atoms with E-state index < -0.39 is 5.60 Å². The van der Waals surface area contributed by atoms with Crippen LogP contribution in [0, 0.1) is 11.8 Å². The smallest absolute Gasteiger partial charge is 0.115 e. The van der Waals surface area contributed by atoms with E-state index >= 15 is 0 Å². The molecule has 1 saturated heterocycles. The summed E-state index contributed by atoms with van der Waals surface area (Å²) in [6, 6.07) is 8.29. The molecule has 1 atom stereocenters. The molecule has 1 aromatic rings. The average molecular weight is 404 g/mol. The van der Waals surface area contributed by atoms with Crippen LogP contribution < -0.4 is 0 Å². The van der Waals surface area contributed by atoms with E-state index in [1.807, 2.05) is 26.0 Å². The summed E-state index contributed by atoms with van der Waals surface area (Å²) in [7, 11) is 0. The van der Waals surface area contributed by atoms with Crippen LogP contribution in [0.5, 0.6) is 0 Å². The Kier molecular flexibility index (Phi) is 7.62. The lowest BCUT2D eigenvalue weighted by molar-refractivity contribution is 0.0588. The van der Waals surface area contributed by atoms with Crippen molar-refractivity contribution in [2.24, 2.45) is 11.8 Å². The van der Waals surface area contributed by atoms with Crippen molar-refractivity contribution in [3.05, 3.63) is 58.8 Å². The van der Waals surface area contributed by atoms with Gasteiger partial charge in [0.1, 0.15) is 12.4 Å². The van der Waals surface area contributed by atoms with E-state index in [2.05, 4.69) is 35.3 Å². The van der Waals surface area contributed by atoms with E-state index in [0.29, 0.717) is 5.92 Å². The van der Waals surface area contributed by atoms with Gasteiger partial charge in [-0.2, -0.15) is 0 Å². The number of aliphatic hydroxyl groups is 1. The first-order valence-corrected chi connectivity index (χ1v) is 11.0. The first kappa shape index (κ1) is 21.4. The number of hydrogen-bond acceptors (Lipinski definition) is 3. The van der Waals surface area contributed by atoms with Gasteiger partial charge >= 0.3 is 0 Å². The molecule has 0 spiro atoms. The number of benzene rings is 1. The first-order chi connectivity index (χ1) is 13.4. The van der Waals surface area contributed by atoms with Crippen LogP contribution in [0.3, 0.4) is 0 Å². The second-order valence-corrected chi connectivity index (χ2v) is 9.38. The van der Waals surface area contributed by atoms with Crippen LogP contribution in [0.15, 0.2) is 48.3 Å². The molecule has 154 valence electrons. The molecular weight excluding hydrogens is 370 g/mol. The van der Waals surface area contributed by atoms with Crippen LogP contribution >= 0.6 is 11.6 Å². The van der Waals surface area contributed by atoms with Crippen molar-refractivity contribution in [2.75, 3.05) is 26.2 Å². The van der Waals surface area contributed by atoms with E-state index in [-0.39, 0.29) is 0 Å². The molecule has 2 aliphatic rings. The minimum atomic E-state index is -0.610. The van der Waals surface area contributed by atoms with Gasteiger partial charge in [0, 0.05) is 11.6 Å². The molecule has 1 fully saturated rings. The quantitative estimate of drug-likeness (QED) is 0.644. The molecule has 0 radical (unpaired) electrons. The molecule has 1 heterocycles. The average Bonchev–Trinajstić information content (AvgIpc) is 2.65. The fourth-order valence-corrected chi connectivity index (χ4v) is 4.33. The second kappa shape index (κ2) is 9.96. The topological polar surface area (TPSA) is 32.7 Å². The molecule has 28 heavy (non-hydrogen) atoms. The zero-order valence-corrected chi connectivity index (χ0v) is 18.0. The molecule has 1 N–H and O–H groups in total. The second-order valence-electron chi connectivity index (χ2n) is 8.94. The normalized spacial score (nSPS) is 21.6.